The van der Waals surface area contributed by atoms with E-state index in [1.807, 2.05) is 59.5 Å². The largest absolute Gasteiger partial charge is 0.497 e. The molecule has 2 aromatic carbocycles. The minimum absolute atomic E-state index is 0.236. The van der Waals surface area contributed by atoms with Gasteiger partial charge in [-0.05, 0) is 36.5 Å². The van der Waals surface area contributed by atoms with E-state index < -0.39 is 0 Å². The van der Waals surface area contributed by atoms with E-state index in [9.17, 15) is 0 Å². The Hall–Kier alpha value is -2.27. The molecule has 3 rings (SSSR count). The van der Waals surface area contributed by atoms with Crippen LogP contribution in [0.15, 0.2) is 64.8 Å². The van der Waals surface area contributed by atoms with Crippen molar-refractivity contribution in [2.75, 3.05) is 12.0 Å². The zero-order chi connectivity index (χ0) is 13.9. The molecule has 0 saturated carbocycles. The monoisotopic (exact) mass is 283 g/mol. The SMILES string of the molecule is COc1cccc([C@H]2N=NC(=S)N2c2ccccc2)c1. The summed E-state index contributed by atoms with van der Waals surface area (Å²) in [5.74, 6) is 0.795. The van der Waals surface area contributed by atoms with E-state index in [-0.39, 0.29) is 6.17 Å². The van der Waals surface area contributed by atoms with Gasteiger partial charge in [-0.25, -0.2) is 0 Å². The Bertz CT molecular complexity index is 657. The fraction of sp³-hybridized carbons (Fsp3) is 0.133. The third-order valence-corrected chi connectivity index (χ3v) is 3.41. The molecule has 0 aromatic heterocycles. The van der Waals surface area contributed by atoms with Crippen molar-refractivity contribution in [3.63, 3.8) is 0 Å². The lowest BCUT2D eigenvalue weighted by molar-refractivity contribution is 0.414. The van der Waals surface area contributed by atoms with Crippen LogP contribution in [0.2, 0.25) is 0 Å². The van der Waals surface area contributed by atoms with E-state index in [1.54, 1.807) is 7.11 Å². The van der Waals surface area contributed by atoms with Gasteiger partial charge in [-0.3, -0.25) is 4.90 Å². The third kappa shape index (κ3) is 2.28. The molecule has 0 saturated heterocycles. The zero-order valence-corrected chi connectivity index (χ0v) is 11.7. The van der Waals surface area contributed by atoms with Crippen LogP contribution >= 0.6 is 12.2 Å². The van der Waals surface area contributed by atoms with Crippen LogP contribution in [-0.2, 0) is 0 Å². The highest BCUT2D eigenvalue weighted by molar-refractivity contribution is 7.80. The molecule has 1 atom stereocenters. The summed E-state index contributed by atoms with van der Waals surface area (Å²) < 4.78 is 5.26. The van der Waals surface area contributed by atoms with Crippen molar-refractivity contribution in [3.05, 3.63) is 60.2 Å². The molecule has 0 N–H and O–H groups in total. The van der Waals surface area contributed by atoms with Crippen molar-refractivity contribution in [1.82, 2.24) is 0 Å². The molecule has 20 heavy (non-hydrogen) atoms. The Balaban J connectivity index is 1.99. The average molecular weight is 283 g/mol. The van der Waals surface area contributed by atoms with Crippen LogP contribution < -0.4 is 9.64 Å². The van der Waals surface area contributed by atoms with Crippen molar-refractivity contribution in [2.45, 2.75) is 6.17 Å². The summed E-state index contributed by atoms with van der Waals surface area (Å²) in [7, 11) is 1.65. The second-order valence-electron chi connectivity index (χ2n) is 4.35. The summed E-state index contributed by atoms with van der Waals surface area (Å²) in [6.07, 6.45) is -0.236. The van der Waals surface area contributed by atoms with Gasteiger partial charge in [0.25, 0.3) is 0 Å². The van der Waals surface area contributed by atoms with E-state index in [0.29, 0.717) is 5.11 Å². The molecule has 1 heterocycles. The van der Waals surface area contributed by atoms with Gasteiger partial charge in [0.2, 0.25) is 5.11 Å². The van der Waals surface area contributed by atoms with Crippen LogP contribution in [-0.4, -0.2) is 12.2 Å². The van der Waals surface area contributed by atoms with Crippen molar-refractivity contribution in [3.8, 4) is 5.75 Å². The zero-order valence-electron chi connectivity index (χ0n) is 10.9. The van der Waals surface area contributed by atoms with Crippen LogP contribution in [0.1, 0.15) is 11.7 Å². The number of hydrogen-bond acceptors (Lipinski definition) is 3. The molecular formula is C15H13N3OS. The number of nitrogens with zero attached hydrogens (tertiary/aromatic N) is 3. The summed E-state index contributed by atoms with van der Waals surface area (Å²) in [5.41, 5.74) is 1.98. The molecule has 0 fully saturated rings. The smallest absolute Gasteiger partial charge is 0.222 e. The maximum Gasteiger partial charge on any atom is 0.222 e. The van der Waals surface area contributed by atoms with Gasteiger partial charge < -0.3 is 4.74 Å². The standard InChI is InChI=1S/C15H13N3OS/c1-19-13-9-5-6-11(10-13)14-16-17-15(20)18(14)12-7-3-2-4-8-12/h2-10,14H,1H3/t14-/m0/s1. The fourth-order valence-corrected chi connectivity index (χ4v) is 2.42. The quantitative estimate of drug-likeness (QED) is 0.800. The predicted molar refractivity (Wildman–Crippen MR) is 82.1 cm³/mol. The van der Waals surface area contributed by atoms with E-state index in [4.69, 9.17) is 17.0 Å². The molecule has 0 unspecified atom stereocenters. The summed E-state index contributed by atoms with van der Waals surface area (Å²) in [4.78, 5) is 1.93. The van der Waals surface area contributed by atoms with Gasteiger partial charge in [-0.2, -0.15) is 5.11 Å². The molecule has 0 bridgehead atoms. The first kappa shape index (κ1) is 12.7. The van der Waals surface area contributed by atoms with Crippen LogP contribution in [0.25, 0.3) is 0 Å². The first-order chi connectivity index (χ1) is 9.79. The fourth-order valence-electron chi connectivity index (χ4n) is 2.17. The molecule has 2 aromatic rings. The van der Waals surface area contributed by atoms with Gasteiger partial charge >= 0.3 is 0 Å². The summed E-state index contributed by atoms with van der Waals surface area (Å²) in [5, 5.41) is 8.80. The number of thiocarbonyl (C=S) groups is 1. The molecule has 0 aliphatic carbocycles. The lowest BCUT2D eigenvalue weighted by Crippen LogP contribution is -2.26. The van der Waals surface area contributed by atoms with Gasteiger partial charge in [0.05, 0.1) is 7.11 Å². The third-order valence-electron chi connectivity index (χ3n) is 3.13. The molecule has 100 valence electrons. The van der Waals surface area contributed by atoms with Crippen LogP contribution in [0.3, 0.4) is 0 Å². The lowest BCUT2D eigenvalue weighted by Gasteiger charge is -2.23. The molecule has 4 nitrogen and oxygen atoms in total. The average Bonchev–Trinajstić information content (AvgIpc) is 2.90. The van der Waals surface area contributed by atoms with Crippen LogP contribution in [0.5, 0.6) is 5.75 Å². The highest BCUT2D eigenvalue weighted by Crippen LogP contribution is 2.34. The number of para-hydroxylation sites is 1. The Morgan fingerprint density at radius 2 is 1.90 bits per heavy atom. The molecule has 1 aliphatic rings. The maximum absolute atomic E-state index is 5.30. The number of benzene rings is 2. The number of anilines is 1. The molecular weight excluding hydrogens is 270 g/mol. The number of rotatable bonds is 3. The number of methoxy groups -OCH3 is 1. The summed E-state index contributed by atoms with van der Waals surface area (Å²) in [6, 6.07) is 17.7. The lowest BCUT2D eigenvalue weighted by atomic mass is 10.1. The van der Waals surface area contributed by atoms with Gasteiger partial charge in [0, 0.05) is 11.3 Å². The van der Waals surface area contributed by atoms with Crippen molar-refractivity contribution in [2.24, 2.45) is 10.2 Å². The molecule has 0 radical (unpaired) electrons. The topological polar surface area (TPSA) is 37.2 Å². The van der Waals surface area contributed by atoms with Crippen molar-refractivity contribution < 1.29 is 4.74 Å². The summed E-state index contributed by atoms with van der Waals surface area (Å²) >= 11 is 5.30. The first-order valence-electron chi connectivity index (χ1n) is 6.22. The van der Waals surface area contributed by atoms with Gasteiger partial charge in [0.15, 0.2) is 6.17 Å². The summed E-state index contributed by atoms with van der Waals surface area (Å²) in [6.45, 7) is 0. The second-order valence-corrected chi connectivity index (χ2v) is 4.72. The number of azo groups is 1. The minimum atomic E-state index is -0.236. The van der Waals surface area contributed by atoms with E-state index in [2.05, 4.69) is 10.2 Å². The number of hydrogen-bond donors (Lipinski definition) is 0. The Morgan fingerprint density at radius 1 is 1.10 bits per heavy atom. The van der Waals surface area contributed by atoms with E-state index in [0.717, 1.165) is 17.0 Å². The maximum atomic E-state index is 5.30. The Morgan fingerprint density at radius 3 is 2.65 bits per heavy atom. The number of ether oxygens (including phenoxy) is 1. The highest BCUT2D eigenvalue weighted by Gasteiger charge is 2.29. The van der Waals surface area contributed by atoms with E-state index in [1.165, 1.54) is 0 Å². The minimum Gasteiger partial charge on any atom is -0.497 e. The molecule has 0 spiro atoms. The molecule has 1 aliphatic heterocycles. The second kappa shape index (κ2) is 5.38. The molecule has 0 amide bonds. The van der Waals surface area contributed by atoms with Gasteiger partial charge in [-0.15, -0.1) is 5.11 Å². The van der Waals surface area contributed by atoms with Crippen molar-refractivity contribution in [1.29, 1.82) is 0 Å². The van der Waals surface area contributed by atoms with Gasteiger partial charge in [0.1, 0.15) is 5.75 Å². The van der Waals surface area contributed by atoms with Crippen LogP contribution in [0.4, 0.5) is 5.69 Å². The first-order valence-corrected chi connectivity index (χ1v) is 6.63. The van der Waals surface area contributed by atoms with E-state index >= 15 is 0 Å². The Labute approximate surface area is 122 Å². The van der Waals surface area contributed by atoms with Crippen LogP contribution in [0, 0.1) is 0 Å². The normalized spacial score (nSPS) is 17.6. The Kier molecular flexibility index (Phi) is 3.43. The molecule has 5 heteroatoms. The highest BCUT2D eigenvalue weighted by atomic mass is 32.1. The van der Waals surface area contributed by atoms with Crippen molar-refractivity contribution >= 4 is 23.0 Å². The predicted octanol–water partition coefficient (Wildman–Crippen LogP) is 3.95. The van der Waals surface area contributed by atoms with Gasteiger partial charge in [-0.1, -0.05) is 30.3 Å².